The number of hydrogen-bond acceptors (Lipinski definition) is 11. The molecule has 4 aromatic carbocycles. The highest BCUT2D eigenvalue weighted by molar-refractivity contribution is 5.65. The Labute approximate surface area is 232 Å². The fourth-order valence-corrected chi connectivity index (χ4v) is 5.66. The molecule has 41 heavy (non-hydrogen) atoms. The van der Waals surface area contributed by atoms with E-state index in [1.807, 2.05) is 0 Å². The molecule has 11 heteroatoms. The fourth-order valence-electron chi connectivity index (χ4n) is 5.66. The topological polar surface area (TPSA) is 201 Å². The van der Waals surface area contributed by atoms with Crippen molar-refractivity contribution in [3.8, 4) is 51.7 Å². The summed E-state index contributed by atoms with van der Waals surface area (Å²) in [4.78, 5) is 0. The van der Waals surface area contributed by atoms with Crippen LogP contribution < -0.4 is 9.47 Å². The lowest BCUT2D eigenvalue weighted by Gasteiger charge is -2.40. The van der Waals surface area contributed by atoms with Gasteiger partial charge in [0.15, 0.2) is 17.6 Å². The van der Waals surface area contributed by atoms with Crippen molar-refractivity contribution in [1.82, 2.24) is 0 Å². The number of fused-ring (bicyclic) bond motifs is 2. The van der Waals surface area contributed by atoms with Crippen LogP contribution in [-0.4, -0.2) is 58.2 Å². The molecule has 2 aliphatic heterocycles. The van der Waals surface area contributed by atoms with Crippen molar-refractivity contribution in [2.45, 2.75) is 36.8 Å². The third kappa shape index (κ3) is 4.31. The number of phenolic OH excluding ortho intramolecular Hbond substituents is 7. The number of rotatable bonds is 3. The van der Waals surface area contributed by atoms with E-state index in [0.29, 0.717) is 5.56 Å². The molecule has 9 N–H and O–H groups in total. The van der Waals surface area contributed by atoms with Gasteiger partial charge in [-0.25, -0.2) is 0 Å². The number of aromatic hydroxyl groups is 7. The van der Waals surface area contributed by atoms with Crippen molar-refractivity contribution < 1.29 is 55.4 Å². The average molecular weight is 563 g/mol. The van der Waals surface area contributed by atoms with Gasteiger partial charge >= 0.3 is 0 Å². The maximum absolute atomic E-state index is 11.7. The summed E-state index contributed by atoms with van der Waals surface area (Å²) in [6.45, 7) is 0. The second kappa shape index (κ2) is 9.58. The van der Waals surface area contributed by atoms with E-state index >= 15 is 0 Å². The molecule has 0 spiro atoms. The van der Waals surface area contributed by atoms with Gasteiger partial charge in [0.05, 0.1) is 12.0 Å². The van der Waals surface area contributed by atoms with E-state index in [0.717, 1.165) is 12.1 Å². The Morgan fingerprint density at radius 1 is 0.561 bits per heavy atom. The van der Waals surface area contributed by atoms with Crippen molar-refractivity contribution >= 4 is 0 Å². The Morgan fingerprint density at radius 3 is 1.95 bits per heavy atom. The van der Waals surface area contributed by atoms with E-state index in [1.54, 1.807) is 0 Å². The number of phenols is 7. The first-order valence-electron chi connectivity index (χ1n) is 12.7. The molecule has 0 radical (unpaired) electrons. The predicted octanol–water partition coefficient (Wildman–Crippen LogP) is 3.29. The van der Waals surface area contributed by atoms with Crippen LogP contribution in [-0.2, 0) is 6.42 Å². The molecular weight excluding hydrogens is 536 g/mol. The van der Waals surface area contributed by atoms with Gasteiger partial charge < -0.3 is 55.4 Å². The van der Waals surface area contributed by atoms with Crippen LogP contribution in [0.25, 0.3) is 0 Å². The maximum atomic E-state index is 11.7. The maximum Gasteiger partial charge on any atom is 0.157 e. The number of aliphatic hydroxyl groups excluding tert-OH is 2. The minimum absolute atomic E-state index is 0.00736. The van der Waals surface area contributed by atoms with E-state index in [-0.39, 0.29) is 63.2 Å². The Hall–Kier alpha value is -5.00. The van der Waals surface area contributed by atoms with Gasteiger partial charge in [-0.1, -0.05) is 18.2 Å². The molecule has 212 valence electrons. The molecule has 0 amide bonds. The normalized spacial score (nSPS) is 23.1. The van der Waals surface area contributed by atoms with Gasteiger partial charge in [0.1, 0.15) is 52.5 Å². The number of benzene rings is 4. The van der Waals surface area contributed by atoms with Gasteiger partial charge in [0, 0.05) is 41.3 Å². The molecule has 0 saturated carbocycles. The number of ether oxygens (including phenoxy) is 2. The van der Waals surface area contributed by atoms with Gasteiger partial charge in [-0.3, -0.25) is 0 Å². The van der Waals surface area contributed by atoms with Gasteiger partial charge in [-0.2, -0.15) is 0 Å². The first kappa shape index (κ1) is 26.2. The van der Waals surface area contributed by atoms with Crippen molar-refractivity contribution in [2.75, 3.05) is 0 Å². The van der Waals surface area contributed by atoms with E-state index in [2.05, 4.69) is 0 Å². The van der Waals surface area contributed by atoms with Gasteiger partial charge in [-0.15, -0.1) is 0 Å². The highest BCUT2D eigenvalue weighted by Gasteiger charge is 2.46. The molecule has 0 bridgehead atoms. The first-order valence-corrected chi connectivity index (χ1v) is 12.7. The second-order valence-electron chi connectivity index (χ2n) is 10.2. The summed E-state index contributed by atoms with van der Waals surface area (Å²) in [6, 6.07) is 13.1. The van der Waals surface area contributed by atoms with Gasteiger partial charge in [-0.05, 0) is 35.4 Å². The predicted molar refractivity (Wildman–Crippen MR) is 142 cm³/mol. The molecule has 0 fully saturated rings. The summed E-state index contributed by atoms with van der Waals surface area (Å²) in [5.74, 6) is -3.76. The van der Waals surface area contributed by atoms with E-state index in [9.17, 15) is 46.0 Å². The van der Waals surface area contributed by atoms with Crippen LogP contribution >= 0.6 is 0 Å². The largest absolute Gasteiger partial charge is 0.508 e. The van der Waals surface area contributed by atoms with Crippen molar-refractivity contribution in [3.63, 3.8) is 0 Å². The number of aliphatic hydroxyl groups is 2. The molecule has 0 saturated heterocycles. The monoisotopic (exact) mass is 562 g/mol. The smallest absolute Gasteiger partial charge is 0.157 e. The third-order valence-corrected chi connectivity index (χ3v) is 7.57. The lowest BCUT2D eigenvalue weighted by atomic mass is 9.77. The zero-order valence-corrected chi connectivity index (χ0v) is 21.2. The minimum atomic E-state index is -1.48. The molecule has 0 aromatic heterocycles. The van der Waals surface area contributed by atoms with Crippen LogP contribution in [0.4, 0.5) is 0 Å². The molecule has 0 unspecified atom stereocenters. The molecule has 2 aliphatic rings. The standard InChI is InChI=1S/C30H26O11/c31-14-4-1-12(2-5-14)29-27(39)26(24-20(36)8-15(32)9-23(24)40-29)25-21(37)11-18(34)16-10-22(38)28(41-30(16)25)13-3-6-17(33)19(35)7-13/h1-9,11,22,26-29,31-39H,10H2/t22-,26-,27-,28+,29+/m0/s1. The molecule has 2 heterocycles. The van der Waals surface area contributed by atoms with Crippen LogP contribution in [0.3, 0.4) is 0 Å². The van der Waals surface area contributed by atoms with E-state index < -0.39 is 47.6 Å². The Balaban J connectivity index is 1.55. The summed E-state index contributed by atoms with van der Waals surface area (Å²) in [5, 5.41) is 95.2. The molecule has 5 atom stereocenters. The molecule has 11 nitrogen and oxygen atoms in total. The van der Waals surface area contributed by atoms with Gasteiger partial charge in [0.25, 0.3) is 0 Å². The Kier molecular flexibility index (Phi) is 6.13. The van der Waals surface area contributed by atoms with Crippen LogP contribution in [0.1, 0.15) is 45.9 Å². The van der Waals surface area contributed by atoms with Crippen molar-refractivity contribution in [2.24, 2.45) is 0 Å². The van der Waals surface area contributed by atoms with Crippen LogP contribution in [0.5, 0.6) is 51.7 Å². The summed E-state index contributed by atoms with van der Waals surface area (Å²) >= 11 is 0. The lowest BCUT2D eigenvalue weighted by Crippen LogP contribution is -2.36. The van der Waals surface area contributed by atoms with Crippen LogP contribution in [0.2, 0.25) is 0 Å². The number of hydrogen-bond donors (Lipinski definition) is 9. The second-order valence-corrected chi connectivity index (χ2v) is 10.2. The summed E-state index contributed by atoms with van der Waals surface area (Å²) < 4.78 is 12.2. The quantitative estimate of drug-likeness (QED) is 0.166. The molecule has 6 rings (SSSR count). The van der Waals surface area contributed by atoms with Crippen molar-refractivity contribution in [3.05, 3.63) is 88.5 Å². The first-order chi connectivity index (χ1) is 19.5. The summed E-state index contributed by atoms with van der Waals surface area (Å²) in [7, 11) is 0. The van der Waals surface area contributed by atoms with Gasteiger partial charge in [0.2, 0.25) is 0 Å². The molecule has 0 aliphatic carbocycles. The highest BCUT2D eigenvalue weighted by atomic mass is 16.5. The Bertz CT molecular complexity index is 1650. The fraction of sp³-hybridized carbons (Fsp3) is 0.200. The van der Waals surface area contributed by atoms with Crippen LogP contribution in [0.15, 0.2) is 60.7 Å². The summed E-state index contributed by atoms with van der Waals surface area (Å²) in [6.07, 6.45) is -5.05. The summed E-state index contributed by atoms with van der Waals surface area (Å²) in [5.41, 5.74) is 0.857. The third-order valence-electron chi connectivity index (χ3n) is 7.57. The zero-order valence-electron chi connectivity index (χ0n) is 21.2. The highest BCUT2D eigenvalue weighted by Crippen LogP contribution is 2.57. The van der Waals surface area contributed by atoms with E-state index in [4.69, 9.17) is 9.47 Å². The molecule has 4 aromatic rings. The molecular formula is C30H26O11. The minimum Gasteiger partial charge on any atom is -0.508 e. The van der Waals surface area contributed by atoms with E-state index in [1.165, 1.54) is 48.5 Å². The lowest BCUT2D eigenvalue weighted by molar-refractivity contribution is 0.00122. The SMILES string of the molecule is Oc1ccc([C@H]2Oc3cc(O)cc(O)c3[C@@H](c3c(O)cc(O)c4c3O[C@H](c3ccc(O)c(O)c3)[C@@H](O)C4)[C@@H]2O)cc1. The zero-order chi connectivity index (χ0) is 29.2. The van der Waals surface area contributed by atoms with Crippen LogP contribution in [0, 0.1) is 0 Å². The average Bonchev–Trinajstić information content (AvgIpc) is 2.92. The Morgan fingerprint density at radius 2 is 1.24 bits per heavy atom. The van der Waals surface area contributed by atoms with Crippen molar-refractivity contribution in [1.29, 1.82) is 0 Å².